The summed E-state index contributed by atoms with van der Waals surface area (Å²) < 4.78 is 22.1. The molecule has 0 aliphatic carbocycles. The van der Waals surface area contributed by atoms with Crippen LogP contribution in [0.2, 0.25) is 0 Å². The van der Waals surface area contributed by atoms with E-state index >= 15 is 0 Å². The van der Waals surface area contributed by atoms with Gasteiger partial charge in [-0.2, -0.15) is 0 Å². The molecule has 5 nitrogen and oxygen atoms in total. The highest BCUT2D eigenvalue weighted by Crippen LogP contribution is 2.38. The number of rotatable bonds is 2. The molecular weight excluding hydrogens is 234 g/mol. The summed E-state index contributed by atoms with van der Waals surface area (Å²) in [6.07, 6.45) is -0.00560. The molecule has 0 saturated carbocycles. The first-order valence-electron chi connectivity index (χ1n) is 6.13. The molecule has 1 aromatic carbocycles. The van der Waals surface area contributed by atoms with E-state index in [4.69, 9.17) is 18.9 Å². The van der Waals surface area contributed by atoms with Crippen LogP contribution in [0.25, 0.3) is 0 Å². The van der Waals surface area contributed by atoms with Gasteiger partial charge in [0.15, 0.2) is 6.79 Å². The van der Waals surface area contributed by atoms with Crippen molar-refractivity contribution in [2.45, 2.75) is 12.7 Å². The van der Waals surface area contributed by atoms with Gasteiger partial charge in [0.05, 0.1) is 26.4 Å². The van der Waals surface area contributed by atoms with Gasteiger partial charge in [0, 0.05) is 24.2 Å². The largest absolute Gasteiger partial charge is 0.496 e. The summed E-state index contributed by atoms with van der Waals surface area (Å²) in [6.45, 7) is 3.23. The van der Waals surface area contributed by atoms with Crippen molar-refractivity contribution in [3.05, 3.63) is 23.3 Å². The normalized spacial score (nSPS) is 23.1. The lowest BCUT2D eigenvalue weighted by molar-refractivity contribution is -0.0215. The summed E-state index contributed by atoms with van der Waals surface area (Å²) in [4.78, 5) is 0. The first kappa shape index (κ1) is 11.8. The Balaban J connectivity index is 2.03. The van der Waals surface area contributed by atoms with Gasteiger partial charge in [-0.15, -0.1) is 0 Å². The van der Waals surface area contributed by atoms with Crippen molar-refractivity contribution in [3.63, 3.8) is 0 Å². The third-order valence-electron chi connectivity index (χ3n) is 3.29. The Labute approximate surface area is 106 Å². The van der Waals surface area contributed by atoms with Crippen molar-refractivity contribution in [2.75, 3.05) is 33.6 Å². The van der Waals surface area contributed by atoms with E-state index in [-0.39, 0.29) is 6.10 Å². The standard InChI is InChI=1S/C13H17NO4/c1-15-11-3-2-10-9(7-16-8-18-10)13(11)12-6-14-4-5-17-12/h2-3,12,14H,4-8H2,1H3. The van der Waals surface area contributed by atoms with Gasteiger partial charge in [-0.1, -0.05) is 0 Å². The van der Waals surface area contributed by atoms with Gasteiger partial charge in [-0.25, -0.2) is 0 Å². The van der Waals surface area contributed by atoms with Crippen LogP contribution in [0.1, 0.15) is 17.2 Å². The third kappa shape index (κ3) is 2.05. The molecule has 1 atom stereocenters. The zero-order valence-electron chi connectivity index (χ0n) is 10.4. The summed E-state index contributed by atoms with van der Waals surface area (Å²) in [7, 11) is 1.67. The highest BCUT2D eigenvalue weighted by Gasteiger charge is 2.27. The lowest BCUT2D eigenvalue weighted by atomic mass is 9.99. The van der Waals surface area contributed by atoms with Crippen molar-refractivity contribution >= 4 is 0 Å². The van der Waals surface area contributed by atoms with E-state index in [1.807, 2.05) is 12.1 Å². The first-order chi connectivity index (χ1) is 8.90. The molecule has 0 radical (unpaired) electrons. The smallest absolute Gasteiger partial charge is 0.189 e. The Morgan fingerprint density at radius 3 is 3.11 bits per heavy atom. The predicted octanol–water partition coefficient (Wildman–Crippen LogP) is 1.22. The maximum Gasteiger partial charge on any atom is 0.189 e. The van der Waals surface area contributed by atoms with Gasteiger partial charge >= 0.3 is 0 Å². The van der Waals surface area contributed by atoms with Gasteiger partial charge in [0.1, 0.15) is 11.5 Å². The van der Waals surface area contributed by atoms with Crippen molar-refractivity contribution in [2.24, 2.45) is 0 Å². The van der Waals surface area contributed by atoms with Gasteiger partial charge in [-0.05, 0) is 12.1 Å². The lowest BCUT2D eigenvalue weighted by Gasteiger charge is -2.29. The molecule has 2 heterocycles. The zero-order valence-corrected chi connectivity index (χ0v) is 10.4. The van der Waals surface area contributed by atoms with Crippen LogP contribution in [-0.4, -0.2) is 33.6 Å². The van der Waals surface area contributed by atoms with Crippen molar-refractivity contribution < 1.29 is 18.9 Å². The molecule has 2 aliphatic rings. The molecular formula is C13H17NO4. The minimum Gasteiger partial charge on any atom is -0.496 e. The second-order valence-corrected chi connectivity index (χ2v) is 4.33. The maximum atomic E-state index is 5.82. The number of hydrogen-bond acceptors (Lipinski definition) is 5. The number of morpholine rings is 1. The number of hydrogen-bond donors (Lipinski definition) is 1. The van der Waals surface area contributed by atoms with Crippen LogP contribution in [0, 0.1) is 0 Å². The fourth-order valence-corrected chi connectivity index (χ4v) is 2.44. The molecule has 98 valence electrons. The third-order valence-corrected chi connectivity index (χ3v) is 3.29. The van der Waals surface area contributed by atoms with Gasteiger partial charge in [0.2, 0.25) is 0 Å². The van der Waals surface area contributed by atoms with Crippen LogP contribution < -0.4 is 14.8 Å². The molecule has 2 aliphatic heterocycles. The fraction of sp³-hybridized carbons (Fsp3) is 0.538. The number of methoxy groups -OCH3 is 1. The molecule has 1 N–H and O–H groups in total. The average Bonchev–Trinajstić information content (AvgIpc) is 2.47. The van der Waals surface area contributed by atoms with Crippen LogP contribution >= 0.6 is 0 Å². The number of nitrogens with one attached hydrogen (secondary N) is 1. The molecule has 1 unspecified atom stereocenters. The molecule has 1 aromatic rings. The highest BCUT2D eigenvalue weighted by molar-refractivity contribution is 5.50. The first-order valence-corrected chi connectivity index (χ1v) is 6.13. The zero-order chi connectivity index (χ0) is 12.4. The summed E-state index contributed by atoms with van der Waals surface area (Å²) >= 11 is 0. The summed E-state index contributed by atoms with van der Waals surface area (Å²) in [5.74, 6) is 1.70. The molecule has 18 heavy (non-hydrogen) atoms. The van der Waals surface area contributed by atoms with E-state index in [9.17, 15) is 0 Å². The predicted molar refractivity (Wildman–Crippen MR) is 64.8 cm³/mol. The van der Waals surface area contributed by atoms with E-state index in [0.717, 1.165) is 35.7 Å². The second kappa shape index (κ2) is 5.14. The summed E-state index contributed by atoms with van der Waals surface area (Å²) in [6, 6.07) is 3.86. The molecule has 0 aromatic heterocycles. The monoisotopic (exact) mass is 251 g/mol. The SMILES string of the molecule is COc1ccc2c(c1C1CNCCO1)COCO2. The Morgan fingerprint density at radius 2 is 2.33 bits per heavy atom. The molecule has 1 fully saturated rings. The van der Waals surface area contributed by atoms with Crippen molar-refractivity contribution in [3.8, 4) is 11.5 Å². The Bertz CT molecular complexity index is 429. The number of fused-ring (bicyclic) bond motifs is 1. The Hall–Kier alpha value is -1.30. The molecule has 1 saturated heterocycles. The van der Waals surface area contributed by atoms with Crippen LogP contribution in [0.15, 0.2) is 12.1 Å². The van der Waals surface area contributed by atoms with Gasteiger partial charge in [0.25, 0.3) is 0 Å². The van der Waals surface area contributed by atoms with E-state index in [1.165, 1.54) is 0 Å². The molecule has 0 spiro atoms. The highest BCUT2D eigenvalue weighted by atomic mass is 16.7. The molecule has 5 heteroatoms. The molecule has 3 rings (SSSR count). The number of ether oxygens (including phenoxy) is 4. The maximum absolute atomic E-state index is 5.82. The van der Waals surface area contributed by atoms with Crippen molar-refractivity contribution in [1.82, 2.24) is 5.32 Å². The molecule has 0 bridgehead atoms. The second-order valence-electron chi connectivity index (χ2n) is 4.33. The average molecular weight is 251 g/mol. The molecule has 0 amide bonds. The van der Waals surface area contributed by atoms with E-state index in [2.05, 4.69) is 5.32 Å². The summed E-state index contributed by atoms with van der Waals surface area (Å²) in [5.41, 5.74) is 2.08. The van der Waals surface area contributed by atoms with Crippen LogP contribution in [0.3, 0.4) is 0 Å². The topological polar surface area (TPSA) is 49.0 Å². The Kier molecular flexibility index (Phi) is 3.36. The minimum atomic E-state index is -0.00560. The van der Waals surface area contributed by atoms with E-state index < -0.39 is 0 Å². The Morgan fingerprint density at radius 1 is 1.39 bits per heavy atom. The van der Waals surface area contributed by atoms with E-state index in [0.29, 0.717) is 20.0 Å². The van der Waals surface area contributed by atoms with Crippen LogP contribution in [0.4, 0.5) is 0 Å². The fourth-order valence-electron chi connectivity index (χ4n) is 2.44. The number of benzene rings is 1. The van der Waals surface area contributed by atoms with Gasteiger partial charge in [-0.3, -0.25) is 0 Å². The van der Waals surface area contributed by atoms with Crippen molar-refractivity contribution in [1.29, 1.82) is 0 Å². The van der Waals surface area contributed by atoms with Crippen LogP contribution in [-0.2, 0) is 16.1 Å². The van der Waals surface area contributed by atoms with Gasteiger partial charge < -0.3 is 24.3 Å². The minimum absolute atomic E-state index is 0.00560. The summed E-state index contributed by atoms with van der Waals surface area (Å²) in [5, 5.41) is 3.33. The van der Waals surface area contributed by atoms with E-state index in [1.54, 1.807) is 7.11 Å². The lowest BCUT2D eigenvalue weighted by Crippen LogP contribution is -2.34. The van der Waals surface area contributed by atoms with Crippen LogP contribution in [0.5, 0.6) is 11.5 Å². The quantitative estimate of drug-likeness (QED) is 0.856.